The average molecular weight is 645 g/mol. The molecule has 4 aromatic rings. The topological polar surface area (TPSA) is 52.0 Å². The molecular weight excluding hydrogens is 581 g/mol. The summed E-state index contributed by atoms with van der Waals surface area (Å²) in [6, 6.07) is 30.6. The molecule has 0 aliphatic rings. The van der Waals surface area contributed by atoms with Crippen molar-refractivity contribution in [1.82, 2.24) is 0 Å². The van der Waals surface area contributed by atoms with Crippen LogP contribution in [0.4, 0.5) is 11.4 Å². The van der Waals surface area contributed by atoms with Gasteiger partial charge in [-0.1, -0.05) is 151 Å². The lowest BCUT2D eigenvalue weighted by molar-refractivity contribution is 0.527. The molecule has 0 aliphatic heterocycles. The van der Waals surface area contributed by atoms with Gasteiger partial charge in [-0.3, -0.25) is 0 Å². The summed E-state index contributed by atoms with van der Waals surface area (Å²) in [6.45, 7) is 4.55. The van der Waals surface area contributed by atoms with Crippen molar-refractivity contribution in [3.8, 4) is 0 Å². The molecule has 0 fully saturated rings. The second-order valence-corrected chi connectivity index (χ2v) is 14.5. The lowest BCUT2D eigenvalue weighted by Crippen LogP contribution is -1.95. The van der Waals surface area contributed by atoms with Crippen molar-refractivity contribution in [1.29, 1.82) is 0 Å². The van der Waals surface area contributed by atoms with Gasteiger partial charge in [0.1, 0.15) is 0 Å². The molecule has 0 aromatic heterocycles. The van der Waals surface area contributed by atoms with Crippen molar-refractivity contribution in [2.75, 3.05) is 11.5 Å². The first kappa shape index (κ1) is 37.3. The Balaban J connectivity index is 0.906. The molecule has 2 heteroatoms. The van der Waals surface area contributed by atoms with Gasteiger partial charge >= 0.3 is 0 Å². The third-order valence-electron chi connectivity index (χ3n) is 10.2. The van der Waals surface area contributed by atoms with Crippen LogP contribution in [0.5, 0.6) is 0 Å². The lowest BCUT2D eigenvalue weighted by Gasteiger charge is -2.09. The smallest absolute Gasteiger partial charge is 0.0314 e. The van der Waals surface area contributed by atoms with Crippen molar-refractivity contribution >= 4 is 11.4 Å². The summed E-state index contributed by atoms with van der Waals surface area (Å²) in [4.78, 5) is 0. The third kappa shape index (κ3) is 14.3. The number of nitrogens with two attached hydrogens (primary N) is 2. The van der Waals surface area contributed by atoms with Crippen LogP contribution in [0.1, 0.15) is 147 Å². The number of unbranched alkanes of at least 4 members (excludes halogenated alkanes) is 15. The normalized spacial score (nSPS) is 11.3. The Bertz CT molecular complexity index is 1340. The Morgan fingerprint density at radius 3 is 0.896 bits per heavy atom. The summed E-state index contributed by atoms with van der Waals surface area (Å²) in [5.74, 6) is 0. The SMILES string of the molecule is Cc1cc(Cc2ccc(N)cc2)ccc1CCCCCCCCCCCCCCCCCCc1ccc(Cc2ccc(N)cc2)cc1C. The molecule has 0 saturated carbocycles. The Morgan fingerprint density at radius 2 is 0.604 bits per heavy atom. The largest absolute Gasteiger partial charge is 0.399 e. The molecule has 0 aliphatic carbocycles. The number of hydrogen-bond donors (Lipinski definition) is 2. The zero-order valence-corrected chi connectivity index (χ0v) is 30.4. The minimum atomic E-state index is 0.834. The summed E-state index contributed by atoms with van der Waals surface area (Å²) < 4.78 is 0. The van der Waals surface area contributed by atoms with Crippen LogP contribution in [0.2, 0.25) is 0 Å². The van der Waals surface area contributed by atoms with Gasteiger partial charge in [0.25, 0.3) is 0 Å². The molecule has 4 rings (SSSR count). The van der Waals surface area contributed by atoms with E-state index in [1.807, 2.05) is 24.3 Å². The number of anilines is 2. The van der Waals surface area contributed by atoms with Crippen LogP contribution in [-0.2, 0) is 25.7 Å². The second-order valence-electron chi connectivity index (χ2n) is 14.5. The fourth-order valence-corrected chi connectivity index (χ4v) is 7.15. The van der Waals surface area contributed by atoms with Crippen molar-refractivity contribution in [3.05, 3.63) is 129 Å². The van der Waals surface area contributed by atoms with E-state index in [4.69, 9.17) is 11.5 Å². The minimum absolute atomic E-state index is 0.834. The molecule has 0 bridgehead atoms. The maximum absolute atomic E-state index is 5.83. The van der Waals surface area contributed by atoms with E-state index in [2.05, 4.69) is 74.5 Å². The second kappa shape index (κ2) is 21.5. The first-order valence-corrected chi connectivity index (χ1v) is 19.3. The molecule has 0 saturated heterocycles. The fraction of sp³-hybridized carbons (Fsp3) is 0.478. The Kier molecular flexibility index (Phi) is 16.7. The molecule has 4 N–H and O–H groups in total. The molecule has 2 nitrogen and oxygen atoms in total. The first-order valence-electron chi connectivity index (χ1n) is 19.3. The monoisotopic (exact) mass is 645 g/mol. The number of rotatable bonds is 23. The lowest BCUT2D eigenvalue weighted by atomic mass is 9.96. The van der Waals surface area contributed by atoms with E-state index in [0.29, 0.717) is 0 Å². The van der Waals surface area contributed by atoms with E-state index < -0.39 is 0 Å². The molecule has 0 heterocycles. The van der Waals surface area contributed by atoms with Crippen molar-refractivity contribution in [3.63, 3.8) is 0 Å². The zero-order valence-electron chi connectivity index (χ0n) is 30.4. The van der Waals surface area contributed by atoms with Crippen LogP contribution in [0, 0.1) is 13.8 Å². The van der Waals surface area contributed by atoms with Gasteiger partial charge in [0.2, 0.25) is 0 Å². The zero-order chi connectivity index (χ0) is 33.8. The van der Waals surface area contributed by atoms with E-state index in [1.54, 1.807) is 0 Å². The van der Waals surface area contributed by atoms with Crippen molar-refractivity contribution in [2.24, 2.45) is 0 Å². The third-order valence-corrected chi connectivity index (χ3v) is 10.2. The van der Waals surface area contributed by atoms with Gasteiger partial charge in [-0.25, -0.2) is 0 Å². The summed E-state index contributed by atoms with van der Waals surface area (Å²) in [5.41, 5.74) is 24.7. The van der Waals surface area contributed by atoms with Crippen molar-refractivity contribution < 1.29 is 0 Å². The average Bonchev–Trinajstić information content (AvgIpc) is 3.08. The van der Waals surface area contributed by atoms with Crippen LogP contribution in [0.15, 0.2) is 84.9 Å². The van der Waals surface area contributed by atoms with Gasteiger partial charge < -0.3 is 11.5 Å². The molecule has 48 heavy (non-hydrogen) atoms. The maximum Gasteiger partial charge on any atom is 0.0314 e. The van der Waals surface area contributed by atoms with Crippen LogP contribution < -0.4 is 11.5 Å². The predicted molar refractivity (Wildman–Crippen MR) is 211 cm³/mol. The Hall–Kier alpha value is -3.52. The van der Waals surface area contributed by atoms with E-state index in [1.165, 1.54) is 160 Å². The summed E-state index contributed by atoms with van der Waals surface area (Å²) in [7, 11) is 0. The number of benzene rings is 4. The van der Waals surface area contributed by atoms with E-state index in [-0.39, 0.29) is 0 Å². The van der Waals surface area contributed by atoms with Crippen LogP contribution in [0.3, 0.4) is 0 Å². The quantitative estimate of drug-likeness (QED) is 0.0623. The molecule has 258 valence electrons. The van der Waals surface area contributed by atoms with Gasteiger partial charge in [-0.15, -0.1) is 0 Å². The number of aryl methyl sites for hydroxylation is 4. The molecule has 4 aromatic carbocycles. The highest BCUT2D eigenvalue weighted by atomic mass is 14.5. The molecule has 0 atom stereocenters. The highest BCUT2D eigenvalue weighted by Crippen LogP contribution is 2.21. The minimum Gasteiger partial charge on any atom is -0.399 e. The summed E-state index contributed by atoms with van der Waals surface area (Å²) >= 11 is 0. The molecule has 0 radical (unpaired) electrons. The van der Waals surface area contributed by atoms with Crippen LogP contribution in [-0.4, -0.2) is 0 Å². The molecule has 0 spiro atoms. The van der Waals surface area contributed by atoms with Gasteiger partial charge in [-0.05, 0) is 121 Å². The summed E-state index contributed by atoms with van der Waals surface area (Å²) in [6.07, 6.45) is 26.8. The van der Waals surface area contributed by atoms with Crippen LogP contribution >= 0.6 is 0 Å². The Morgan fingerprint density at radius 1 is 0.333 bits per heavy atom. The van der Waals surface area contributed by atoms with Gasteiger partial charge in [0, 0.05) is 11.4 Å². The molecule has 0 amide bonds. The fourth-order valence-electron chi connectivity index (χ4n) is 7.15. The Labute approximate surface area is 293 Å². The predicted octanol–water partition coefficient (Wildman–Crippen LogP) is 12.7. The van der Waals surface area contributed by atoms with E-state index in [9.17, 15) is 0 Å². The van der Waals surface area contributed by atoms with Gasteiger partial charge in [0.15, 0.2) is 0 Å². The van der Waals surface area contributed by atoms with Crippen molar-refractivity contribution in [2.45, 2.75) is 142 Å². The number of nitrogen functional groups attached to an aromatic ring is 2. The standard InChI is InChI=1S/C46H64N2/c1-37-33-41(35-39-23-29-45(47)30-24-39)21-27-43(37)19-17-15-13-11-9-7-5-3-4-6-8-10-12-14-16-18-20-44-28-22-42(34-38(44)2)36-40-25-31-46(48)32-26-40/h21-34H,3-20,35-36,47-48H2,1-2H3. The molecular formula is C46H64N2. The summed E-state index contributed by atoms with van der Waals surface area (Å²) in [5, 5.41) is 0. The van der Waals surface area contributed by atoms with Gasteiger partial charge in [-0.2, -0.15) is 0 Å². The molecule has 0 unspecified atom stereocenters. The highest BCUT2D eigenvalue weighted by molar-refractivity contribution is 5.42. The maximum atomic E-state index is 5.83. The van der Waals surface area contributed by atoms with Crippen LogP contribution in [0.25, 0.3) is 0 Å². The van der Waals surface area contributed by atoms with E-state index in [0.717, 1.165) is 24.2 Å². The highest BCUT2D eigenvalue weighted by Gasteiger charge is 2.04. The van der Waals surface area contributed by atoms with E-state index >= 15 is 0 Å². The first-order chi connectivity index (χ1) is 23.5. The number of hydrogen-bond acceptors (Lipinski definition) is 2. The van der Waals surface area contributed by atoms with Gasteiger partial charge in [0.05, 0.1) is 0 Å².